The van der Waals surface area contributed by atoms with E-state index in [1.165, 1.54) is 4.90 Å². The Bertz CT molecular complexity index is 1300. The molecule has 7 nitrogen and oxygen atoms in total. The number of nitrogens with zero attached hydrogens (tertiary/aromatic N) is 3. The van der Waals surface area contributed by atoms with Gasteiger partial charge in [0.2, 0.25) is 5.91 Å². The number of nitrogens with one attached hydrogen (secondary N) is 2. The van der Waals surface area contributed by atoms with E-state index in [2.05, 4.69) is 10.6 Å². The SMILES string of the molecule is Cc1ccc(NC(=O)N(CC(=O)Nc2cc(-c3ccccc3)nn2-c2ccccc2)CC(C)C)cc1. The molecule has 36 heavy (non-hydrogen) atoms. The zero-order chi connectivity index (χ0) is 25.5. The van der Waals surface area contributed by atoms with Gasteiger partial charge in [0.1, 0.15) is 12.4 Å². The minimum atomic E-state index is -0.316. The third-order valence-electron chi connectivity index (χ3n) is 5.56. The fourth-order valence-corrected chi connectivity index (χ4v) is 3.84. The first-order valence-corrected chi connectivity index (χ1v) is 12.0. The van der Waals surface area contributed by atoms with Gasteiger partial charge in [0.15, 0.2) is 0 Å². The van der Waals surface area contributed by atoms with E-state index in [0.29, 0.717) is 18.1 Å². The number of amides is 3. The van der Waals surface area contributed by atoms with E-state index >= 15 is 0 Å². The third kappa shape index (κ3) is 6.39. The van der Waals surface area contributed by atoms with Crippen molar-refractivity contribution in [3.05, 3.63) is 96.6 Å². The molecule has 0 spiro atoms. The van der Waals surface area contributed by atoms with Crippen LogP contribution in [0.3, 0.4) is 0 Å². The Morgan fingerprint density at radius 3 is 2.17 bits per heavy atom. The number of para-hydroxylation sites is 1. The Hall–Kier alpha value is -4.39. The van der Waals surface area contributed by atoms with E-state index in [0.717, 1.165) is 22.5 Å². The Kier molecular flexibility index (Phi) is 7.80. The topological polar surface area (TPSA) is 79.3 Å². The monoisotopic (exact) mass is 481 g/mol. The van der Waals surface area contributed by atoms with Crippen LogP contribution in [0.25, 0.3) is 16.9 Å². The molecule has 0 fully saturated rings. The van der Waals surface area contributed by atoms with Gasteiger partial charge in [0.25, 0.3) is 0 Å². The number of urea groups is 1. The van der Waals surface area contributed by atoms with Crippen molar-refractivity contribution in [2.24, 2.45) is 5.92 Å². The van der Waals surface area contributed by atoms with Gasteiger partial charge in [-0.3, -0.25) is 4.79 Å². The van der Waals surface area contributed by atoms with Gasteiger partial charge in [-0.15, -0.1) is 0 Å². The Labute approximate surface area is 211 Å². The number of benzene rings is 3. The van der Waals surface area contributed by atoms with Crippen molar-refractivity contribution in [1.82, 2.24) is 14.7 Å². The Morgan fingerprint density at radius 2 is 1.53 bits per heavy atom. The van der Waals surface area contributed by atoms with Gasteiger partial charge in [-0.1, -0.05) is 80.1 Å². The predicted molar refractivity (Wildman–Crippen MR) is 144 cm³/mol. The molecule has 4 aromatic rings. The van der Waals surface area contributed by atoms with Crippen LogP contribution in [0.5, 0.6) is 0 Å². The van der Waals surface area contributed by atoms with Crippen LogP contribution in [0, 0.1) is 12.8 Å². The summed E-state index contributed by atoms with van der Waals surface area (Å²) in [7, 11) is 0. The van der Waals surface area contributed by atoms with E-state index in [-0.39, 0.29) is 24.4 Å². The molecule has 0 atom stereocenters. The molecule has 2 N–H and O–H groups in total. The summed E-state index contributed by atoms with van der Waals surface area (Å²) in [5.74, 6) is 0.431. The molecular weight excluding hydrogens is 450 g/mol. The number of aromatic nitrogens is 2. The number of rotatable bonds is 8. The van der Waals surface area contributed by atoms with Crippen LogP contribution in [0.15, 0.2) is 91.0 Å². The largest absolute Gasteiger partial charge is 0.322 e. The van der Waals surface area contributed by atoms with Gasteiger partial charge in [0, 0.05) is 23.9 Å². The quantitative estimate of drug-likeness (QED) is 0.325. The van der Waals surface area contributed by atoms with Crippen LogP contribution < -0.4 is 10.6 Å². The summed E-state index contributed by atoms with van der Waals surface area (Å²) < 4.78 is 1.71. The molecule has 0 saturated heterocycles. The molecule has 0 radical (unpaired) electrons. The summed E-state index contributed by atoms with van der Waals surface area (Å²) in [4.78, 5) is 27.7. The minimum Gasteiger partial charge on any atom is -0.315 e. The summed E-state index contributed by atoms with van der Waals surface area (Å²) in [5, 5.41) is 10.6. The average Bonchev–Trinajstić information content (AvgIpc) is 3.29. The van der Waals surface area contributed by atoms with Gasteiger partial charge < -0.3 is 15.5 Å². The molecule has 0 unspecified atom stereocenters. The lowest BCUT2D eigenvalue weighted by molar-refractivity contribution is -0.116. The fraction of sp³-hybridized carbons (Fsp3) is 0.207. The molecule has 0 saturated carbocycles. The van der Waals surface area contributed by atoms with Gasteiger partial charge >= 0.3 is 6.03 Å². The lowest BCUT2D eigenvalue weighted by atomic mass is 10.1. The van der Waals surface area contributed by atoms with Gasteiger partial charge in [-0.25, -0.2) is 9.48 Å². The fourth-order valence-electron chi connectivity index (χ4n) is 3.84. The summed E-state index contributed by atoms with van der Waals surface area (Å²) in [6.45, 7) is 6.38. The zero-order valence-corrected chi connectivity index (χ0v) is 20.8. The molecule has 0 aliphatic heterocycles. The molecule has 0 aliphatic rings. The highest BCUT2D eigenvalue weighted by atomic mass is 16.2. The van der Waals surface area contributed by atoms with Crippen molar-refractivity contribution in [3.8, 4) is 16.9 Å². The second-order valence-corrected chi connectivity index (χ2v) is 9.15. The molecule has 7 heteroatoms. The third-order valence-corrected chi connectivity index (χ3v) is 5.56. The summed E-state index contributed by atoms with van der Waals surface area (Å²) in [5.41, 5.74) is 4.31. The lowest BCUT2D eigenvalue weighted by Crippen LogP contribution is -2.42. The lowest BCUT2D eigenvalue weighted by Gasteiger charge is -2.24. The number of carbonyl (C=O) groups is 2. The van der Waals surface area contributed by atoms with Crippen LogP contribution in [-0.2, 0) is 4.79 Å². The van der Waals surface area contributed by atoms with E-state index in [1.54, 1.807) is 4.68 Å². The summed E-state index contributed by atoms with van der Waals surface area (Å²) in [6, 6.07) is 28.5. The number of hydrogen-bond donors (Lipinski definition) is 2. The highest BCUT2D eigenvalue weighted by Crippen LogP contribution is 2.24. The van der Waals surface area contributed by atoms with Crippen molar-refractivity contribution in [2.45, 2.75) is 20.8 Å². The first kappa shape index (κ1) is 24.7. The zero-order valence-electron chi connectivity index (χ0n) is 20.8. The maximum absolute atomic E-state index is 13.2. The molecule has 3 aromatic carbocycles. The van der Waals surface area contributed by atoms with Crippen molar-refractivity contribution in [3.63, 3.8) is 0 Å². The summed E-state index contributed by atoms with van der Waals surface area (Å²) >= 11 is 0. The molecule has 184 valence electrons. The standard InChI is InChI=1S/C29H31N5O2/c1-21(2)19-33(29(36)30-24-16-14-22(3)15-17-24)20-28(35)31-27-18-26(23-10-6-4-7-11-23)32-34(27)25-12-8-5-9-13-25/h4-18,21H,19-20H2,1-3H3,(H,30,36)(H,31,35). The van der Waals surface area contributed by atoms with E-state index in [4.69, 9.17) is 5.10 Å². The highest BCUT2D eigenvalue weighted by molar-refractivity contribution is 5.97. The van der Waals surface area contributed by atoms with E-state index in [1.807, 2.05) is 112 Å². The van der Waals surface area contributed by atoms with Crippen LogP contribution in [-0.4, -0.2) is 39.7 Å². The van der Waals surface area contributed by atoms with Gasteiger partial charge in [-0.05, 0) is 37.1 Å². The van der Waals surface area contributed by atoms with Crippen molar-refractivity contribution >= 4 is 23.4 Å². The Balaban J connectivity index is 1.54. The van der Waals surface area contributed by atoms with Crippen LogP contribution >= 0.6 is 0 Å². The number of hydrogen-bond acceptors (Lipinski definition) is 3. The Morgan fingerprint density at radius 1 is 0.889 bits per heavy atom. The van der Waals surface area contributed by atoms with E-state index in [9.17, 15) is 9.59 Å². The smallest absolute Gasteiger partial charge is 0.315 e. The van der Waals surface area contributed by atoms with Crippen LogP contribution in [0.1, 0.15) is 19.4 Å². The number of aryl methyl sites for hydroxylation is 1. The minimum absolute atomic E-state index is 0.0868. The normalized spacial score (nSPS) is 10.8. The second-order valence-electron chi connectivity index (χ2n) is 9.15. The van der Waals surface area contributed by atoms with Crippen molar-refractivity contribution in [1.29, 1.82) is 0 Å². The second kappa shape index (κ2) is 11.4. The molecular formula is C29H31N5O2. The maximum atomic E-state index is 13.2. The van der Waals surface area contributed by atoms with Crippen LogP contribution in [0.4, 0.5) is 16.3 Å². The molecule has 4 rings (SSSR count). The van der Waals surface area contributed by atoms with Gasteiger partial charge in [-0.2, -0.15) is 5.10 Å². The molecule has 3 amide bonds. The number of carbonyl (C=O) groups excluding carboxylic acids is 2. The van der Waals surface area contributed by atoms with Gasteiger partial charge in [0.05, 0.1) is 11.4 Å². The van der Waals surface area contributed by atoms with Crippen molar-refractivity contribution < 1.29 is 9.59 Å². The van der Waals surface area contributed by atoms with Crippen molar-refractivity contribution in [2.75, 3.05) is 23.7 Å². The maximum Gasteiger partial charge on any atom is 0.322 e. The van der Waals surface area contributed by atoms with E-state index < -0.39 is 0 Å². The predicted octanol–water partition coefficient (Wildman–Crippen LogP) is 5.98. The molecule has 1 heterocycles. The molecule has 1 aromatic heterocycles. The highest BCUT2D eigenvalue weighted by Gasteiger charge is 2.20. The van der Waals surface area contributed by atoms with Crippen LogP contribution in [0.2, 0.25) is 0 Å². The average molecular weight is 482 g/mol. The number of anilines is 2. The summed E-state index contributed by atoms with van der Waals surface area (Å²) in [6.07, 6.45) is 0. The first-order chi connectivity index (χ1) is 17.4. The molecule has 0 aliphatic carbocycles. The molecule has 0 bridgehead atoms. The first-order valence-electron chi connectivity index (χ1n) is 12.0.